The molecule has 0 saturated carbocycles. The van der Waals surface area contributed by atoms with Gasteiger partial charge in [0.25, 0.3) is 11.6 Å². The van der Waals surface area contributed by atoms with Crippen LogP contribution in [0.2, 0.25) is 0 Å². The monoisotopic (exact) mass is 416 g/mol. The smallest absolute Gasteiger partial charge is 0.346 e. The van der Waals surface area contributed by atoms with Gasteiger partial charge in [0.1, 0.15) is 24.5 Å². The molecule has 0 saturated heterocycles. The molecular weight excluding hydrogens is 396 g/mol. The highest BCUT2D eigenvalue weighted by Gasteiger charge is 2.29. The average molecular weight is 416 g/mol. The van der Waals surface area contributed by atoms with Gasteiger partial charge in [0, 0.05) is 11.8 Å². The minimum Gasteiger partial charge on any atom is -0.494 e. The predicted octanol–water partition coefficient (Wildman–Crippen LogP) is 2.95. The number of hydrogen-bond acceptors (Lipinski definition) is 8. The maximum atomic E-state index is 12.5. The quantitative estimate of drug-likeness (QED) is 0.415. The minimum absolute atomic E-state index is 0.172. The van der Waals surface area contributed by atoms with Crippen LogP contribution in [0.15, 0.2) is 36.4 Å². The molecule has 0 aromatic heterocycles. The summed E-state index contributed by atoms with van der Waals surface area (Å²) in [7, 11) is 0. The Morgan fingerprint density at radius 1 is 1.17 bits per heavy atom. The number of nitrogens with one attached hydrogen (secondary N) is 1. The third kappa shape index (κ3) is 4.77. The molecule has 2 aromatic rings. The fourth-order valence-corrected chi connectivity index (χ4v) is 2.72. The van der Waals surface area contributed by atoms with E-state index in [1.54, 1.807) is 24.3 Å². The molecule has 30 heavy (non-hydrogen) atoms. The number of nitrogens with zero attached hydrogens (tertiary/aromatic N) is 1. The van der Waals surface area contributed by atoms with Crippen LogP contribution in [-0.2, 0) is 9.53 Å². The first-order valence-corrected chi connectivity index (χ1v) is 9.21. The number of rotatable bonds is 7. The molecule has 10 heteroatoms. The van der Waals surface area contributed by atoms with E-state index in [1.807, 2.05) is 6.92 Å². The number of anilines is 1. The van der Waals surface area contributed by atoms with Crippen LogP contribution in [0, 0.1) is 10.1 Å². The molecule has 0 aliphatic carbocycles. The van der Waals surface area contributed by atoms with Gasteiger partial charge in [-0.2, -0.15) is 0 Å². The van der Waals surface area contributed by atoms with Gasteiger partial charge in [0.15, 0.2) is 17.6 Å². The number of hydrogen-bond donors (Lipinski definition) is 1. The molecule has 0 unspecified atom stereocenters. The number of ether oxygens (including phenoxy) is 4. The summed E-state index contributed by atoms with van der Waals surface area (Å²) in [5.74, 6) is -0.585. The molecule has 10 nitrogen and oxygen atoms in total. The Kier molecular flexibility index (Phi) is 6.35. The van der Waals surface area contributed by atoms with Crippen LogP contribution >= 0.6 is 0 Å². The first-order valence-electron chi connectivity index (χ1n) is 9.21. The molecule has 3 rings (SSSR count). The van der Waals surface area contributed by atoms with Crippen LogP contribution in [-0.4, -0.2) is 42.7 Å². The molecule has 158 valence electrons. The number of esters is 1. The van der Waals surface area contributed by atoms with E-state index in [1.165, 1.54) is 13.0 Å². The number of nitro benzene ring substituents is 1. The van der Waals surface area contributed by atoms with E-state index in [0.717, 1.165) is 6.07 Å². The van der Waals surface area contributed by atoms with Crippen LogP contribution in [0.3, 0.4) is 0 Å². The minimum atomic E-state index is -1.20. The van der Waals surface area contributed by atoms with Gasteiger partial charge in [-0.1, -0.05) is 0 Å². The SMILES string of the molecule is CCOc1ccc(NC(=O)[C@H](C)OC(=O)c2cc3c(cc2[N+](=O)[O-])OCCO3)cc1. The standard InChI is InChI=1S/C20H20N2O8/c1-3-27-14-6-4-13(5-7-14)21-19(23)12(2)30-20(24)15-10-17-18(29-9-8-28-17)11-16(15)22(25)26/h4-7,10-12H,3,8-9H2,1-2H3,(H,21,23)/t12-/m0/s1. The summed E-state index contributed by atoms with van der Waals surface area (Å²) in [5.41, 5.74) is -0.343. The summed E-state index contributed by atoms with van der Waals surface area (Å²) in [5, 5.41) is 14.0. The summed E-state index contributed by atoms with van der Waals surface area (Å²) >= 11 is 0. The fraction of sp³-hybridized carbons (Fsp3) is 0.300. The Bertz CT molecular complexity index is 958. The molecule has 0 bridgehead atoms. The summed E-state index contributed by atoms with van der Waals surface area (Å²) in [6.07, 6.45) is -1.20. The number of carbonyl (C=O) groups excluding carboxylic acids is 2. The first-order chi connectivity index (χ1) is 14.4. The second-order valence-electron chi connectivity index (χ2n) is 6.26. The molecule has 0 spiro atoms. The van der Waals surface area contributed by atoms with Gasteiger partial charge in [0.05, 0.1) is 17.6 Å². The molecule has 1 aliphatic heterocycles. The lowest BCUT2D eigenvalue weighted by atomic mass is 10.1. The molecule has 1 amide bonds. The van der Waals surface area contributed by atoms with Crippen LogP contribution in [0.1, 0.15) is 24.2 Å². The zero-order valence-electron chi connectivity index (χ0n) is 16.4. The number of amides is 1. The zero-order chi connectivity index (χ0) is 21.7. The number of nitro groups is 1. The van der Waals surface area contributed by atoms with E-state index in [2.05, 4.69) is 5.32 Å². The molecule has 1 N–H and O–H groups in total. The van der Waals surface area contributed by atoms with Gasteiger partial charge in [-0.25, -0.2) is 4.79 Å². The zero-order valence-corrected chi connectivity index (χ0v) is 16.4. The van der Waals surface area contributed by atoms with Crippen LogP contribution in [0.4, 0.5) is 11.4 Å². The normalized spacial score (nSPS) is 13.1. The molecule has 0 radical (unpaired) electrons. The molecule has 0 fully saturated rings. The topological polar surface area (TPSA) is 126 Å². The predicted molar refractivity (Wildman–Crippen MR) is 105 cm³/mol. The van der Waals surface area contributed by atoms with Crippen molar-refractivity contribution in [3.05, 3.63) is 52.1 Å². The van der Waals surface area contributed by atoms with Crippen molar-refractivity contribution in [1.29, 1.82) is 0 Å². The van der Waals surface area contributed by atoms with Gasteiger partial charge < -0.3 is 24.3 Å². The maximum absolute atomic E-state index is 12.5. The van der Waals surface area contributed by atoms with Crippen LogP contribution in [0.25, 0.3) is 0 Å². The lowest BCUT2D eigenvalue weighted by molar-refractivity contribution is -0.385. The Labute approximate surface area is 171 Å². The lowest BCUT2D eigenvalue weighted by Crippen LogP contribution is -2.30. The van der Waals surface area contributed by atoms with E-state index in [0.29, 0.717) is 18.0 Å². The largest absolute Gasteiger partial charge is 0.494 e. The van der Waals surface area contributed by atoms with Crippen molar-refractivity contribution >= 4 is 23.3 Å². The van der Waals surface area contributed by atoms with E-state index in [4.69, 9.17) is 18.9 Å². The van der Waals surface area contributed by atoms with Crippen LogP contribution in [0.5, 0.6) is 17.2 Å². The molecule has 1 heterocycles. The Balaban J connectivity index is 1.70. The molecular formula is C20H20N2O8. The lowest BCUT2D eigenvalue weighted by Gasteiger charge is -2.19. The summed E-state index contributed by atoms with van der Waals surface area (Å²) < 4.78 is 21.1. The second-order valence-corrected chi connectivity index (χ2v) is 6.26. The summed E-state index contributed by atoms with van der Waals surface area (Å²) in [4.78, 5) is 35.5. The molecule has 1 aliphatic rings. The molecule has 1 atom stereocenters. The summed E-state index contributed by atoms with van der Waals surface area (Å²) in [6, 6.07) is 8.96. The van der Waals surface area contributed by atoms with Gasteiger partial charge in [-0.15, -0.1) is 0 Å². The van der Waals surface area contributed by atoms with Crippen molar-refractivity contribution < 1.29 is 33.5 Å². The Hall–Kier alpha value is -3.82. The van der Waals surface area contributed by atoms with E-state index >= 15 is 0 Å². The summed E-state index contributed by atoms with van der Waals surface area (Å²) in [6.45, 7) is 4.24. The second kappa shape index (κ2) is 9.12. The highest BCUT2D eigenvalue weighted by molar-refractivity contribution is 5.99. The number of carbonyl (C=O) groups is 2. The van der Waals surface area contributed by atoms with Gasteiger partial charge in [0.2, 0.25) is 0 Å². The van der Waals surface area contributed by atoms with Crippen molar-refractivity contribution in [2.45, 2.75) is 20.0 Å². The van der Waals surface area contributed by atoms with Gasteiger partial charge in [-0.05, 0) is 38.1 Å². The van der Waals surface area contributed by atoms with Gasteiger partial charge >= 0.3 is 5.97 Å². The highest BCUT2D eigenvalue weighted by Crippen LogP contribution is 2.37. The fourth-order valence-electron chi connectivity index (χ4n) is 2.72. The van der Waals surface area contributed by atoms with Gasteiger partial charge in [-0.3, -0.25) is 14.9 Å². The van der Waals surface area contributed by atoms with E-state index < -0.39 is 28.6 Å². The number of fused-ring (bicyclic) bond motifs is 1. The van der Waals surface area contributed by atoms with E-state index in [-0.39, 0.29) is 30.3 Å². The first kappa shape index (κ1) is 20.9. The Morgan fingerprint density at radius 2 is 1.80 bits per heavy atom. The van der Waals surface area contributed by atoms with Crippen molar-refractivity contribution in [1.82, 2.24) is 0 Å². The maximum Gasteiger partial charge on any atom is 0.346 e. The highest BCUT2D eigenvalue weighted by atomic mass is 16.6. The third-order valence-electron chi connectivity index (χ3n) is 4.16. The van der Waals surface area contributed by atoms with Crippen molar-refractivity contribution in [3.63, 3.8) is 0 Å². The van der Waals surface area contributed by atoms with Crippen molar-refractivity contribution in [2.24, 2.45) is 0 Å². The van der Waals surface area contributed by atoms with Crippen molar-refractivity contribution in [2.75, 3.05) is 25.1 Å². The molecule has 2 aromatic carbocycles. The number of benzene rings is 2. The van der Waals surface area contributed by atoms with Crippen LogP contribution < -0.4 is 19.5 Å². The Morgan fingerprint density at radius 3 is 2.40 bits per heavy atom. The third-order valence-corrected chi connectivity index (χ3v) is 4.16. The average Bonchev–Trinajstić information content (AvgIpc) is 2.74. The van der Waals surface area contributed by atoms with Crippen molar-refractivity contribution in [3.8, 4) is 17.2 Å². The van der Waals surface area contributed by atoms with E-state index in [9.17, 15) is 19.7 Å².